The Bertz CT molecular complexity index is 1140. The lowest BCUT2D eigenvalue weighted by Gasteiger charge is -2.19. The van der Waals surface area contributed by atoms with E-state index >= 15 is 0 Å². The highest BCUT2D eigenvalue weighted by atomic mass is 16.6. The van der Waals surface area contributed by atoms with Crippen LogP contribution in [0.5, 0.6) is 17.2 Å². The van der Waals surface area contributed by atoms with Crippen molar-refractivity contribution in [3.05, 3.63) is 60.9 Å². The van der Waals surface area contributed by atoms with E-state index in [4.69, 9.17) is 9.47 Å². The standard InChI is InChI=1S/C20H16N4O3/c25-15-5-2-1-4-14(15)18-19(24-9-3-8-21-20(24)23-18)22-13-6-7-16-17(12-13)27-11-10-26-16/h1-9,12,22,25H,10-11H2. The van der Waals surface area contributed by atoms with Crippen LogP contribution in [0.1, 0.15) is 0 Å². The molecular weight excluding hydrogens is 344 g/mol. The van der Waals surface area contributed by atoms with Crippen LogP contribution in [0.4, 0.5) is 11.5 Å². The third-order valence-corrected chi connectivity index (χ3v) is 4.37. The minimum atomic E-state index is 0.158. The fourth-order valence-corrected chi connectivity index (χ4v) is 3.13. The highest BCUT2D eigenvalue weighted by Gasteiger charge is 2.18. The second kappa shape index (κ2) is 6.21. The number of phenolic OH excluding ortho intramolecular Hbond substituents is 1. The number of nitrogens with one attached hydrogen (secondary N) is 1. The van der Waals surface area contributed by atoms with Crippen molar-refractivity contribution < 1.29 is 14.6 Å². The Morgan fingerprint density at radius 1 is 1.00 bits per heavy atom. The number of phenols is 1. The van der Waals surface area contributed by atoms with Gasteiger partial charge < -0.3 is 19.9 Å². The highest BCUT2D eigenvalue weighted by molar-refractivity contribution is 5.82. The number of anilines is 2. The molecule has 1 aliphatic rings. The molecule has 0 saturated heterocycles. The van der Waals surface area contributed by atoms with Gasteiger partial charge in [-0.05, 0) is 30.3 Å². The first-order valence-corrected chi connectivity index (χ1v) is 8.58. The van der Waals surface area contributed by atoms with Gasteiger partial charge in [0.2, 0.25) is 5.78 Å². The molecule has 2 aromatic carbocycles. The van der Waals surface area contributed by atoms with E-state index in [1.54, 1.807) is 18.3 Å². The Labute approximate surface area is 154 Å². The summed E-state index contributed by atoms with van der Waals surface area (Å²) in [5, 5.41) is 13.7. The molecule has 0 unspecified atom stereocenters. The van der Waals surface area contributed by atoms with Crippen molar-refractivity contribution in [2.24, 2.45) is 0 Å². The molecule has 7 heteroatoms. The summed E-state index contributed by atoms with van der Waals surface area (Å²) in [6.07, 6.45) is 3.56. The molecule has 134 valence electrons. The summed E-state index contributed by atoms with van der Waals surface area (Å²) in [7, 11) is 0. The molecule has 4 aromatic rings. The summed E-state index contributed by atoms with van der Waals surface area (Å²) in [5.74, 6) is 2.83. The van der Waals surface area contributed by atoms with Gasteiger partial charge in [0.1, 0.15) is 30.5 Å². The maximum Gasteiger partial charge on any atom is 0.235 e. The number of rotatable bonds is 3. The quantitative estimate of drug-likeness (QED) is 0.581. The molecular formula is C20H16N4O3. The Morgan fingerprint density at radius 3 is 2.74 bits per heavy atom. The zero-order valence-corrected chi connectivity index (χ0v) is 14.3. The first kappa shape index (κ1) is 15.5. The Balaban J connectivity index is 1.64. The number of para-hydroxylation sites is 1. The lowest BCUT2D eigenvalue weighted by molar-refractivity contribution is 0.171. The zero-order valence-electron chi connectivity index (χ0n) is 14.3. The SMILES string of the molecule is Oc1ccccc1-c1nc2ncccn2c1Nc1ccc2c(c1)OCCO2. The molecule has 2 N–H and O–H groups in total. The first-order valence-electron chi connectivity index (χ1n) is 8.58. The van der Waals surface area contributed by atoms with E-state index < -0.39 is 0 Å². The summed E-state index contributed by atoms with van der Waals surface area (Å²) in [4.78, 5) is 8.92. The topological polar surface area (TPSA) is 80.9 Å². The van der Waals surface area contributed by atoms with Gasteiger partial charge >= 0.3 is 0 Å². The number of imidazole rings is 1. The van der Waals surface area contributed by atoms with Gasteiger partial charge in [-0.15, -0.1) is 0 Å². The molecule has 0 aliphatic carbocycles. The van der Waals surface area contributed by atoms with E-state index in [1.807, 2.05) is 47.0 Å². The van der Waals surface area contributed by atoms with Gasteiger partial charge in [0.05, 0.1) is 0 Å². The molecule has 0 radical (unpaired) electrons. The van der Waals surface area contributed by atoms with Gasteiger partial charge in [-0.3, -0.25) is 4.40 Å². The smallest absolute Gasteiger partial charge is 0.235 e. The third kappa shape index (κ3) is 2.69. The van der Waals surface area contributed by atoms with Crippen LogP contribution < -0.4 is 14.8 Å². The number of hydrogen-bond donors (Lipinski definition) is 2. The van der Waals surface area contributed by atoms with Crippen molar-refractivity contribution in [2.75, 3.05) is 18.5 Å². The minimum absolute atomic E-state index is 0.158. The largest absolute Gasteiger partial charge is 0.507 e. The molecule has 0 atom stereocenters. The van der Waals surface area contributed by atoms with Crippen LogP contribution in [0.25, 0.3) is 17.0 Å². The average molecular weight is 360 g/mol. The molecule has 3 heterocycles. The van der Waals surface area contributed by atoms with Gasteiger partial charge in [-0.2, -0.15) is 0 Å². The number of aromatic hydroxyl groups is 1. The van der Waals surface area contributed by atoms with Crippen molar-refractivity contribution in [1.29, 1.82) is 0 Å². The summed E-state index contributed by atoms with van der Waals surface area (Å²) < 4.78 is 13.1. The van der Waals surface area contributed by atoms with E-state index in [-0.39, 0.29) is 5.75 Å². The molecule has 27 heavy (non-hydrogen) atoms. The van der Waals surface area contributed by atoms with Crippen LogP contribution in [0, 0.1) is 0 Å². The second-order valence-corrected chi connectivity index (χ2v) is 6.10. The highest BCUT2D eigenvalue weighted by Crippen LogP contribution is 2.38. The first-order chi connectivity index (χ1) is 13.3. The molecule has 0 fully saturated rings. The monoisotopic (exact) mass is 360 g/mol. The predicted octanol–water partition coefficient (Wildman–Crippen LogP) is 3.62. The van der Waals surface area contributed by atoms with Crippen molar-refractivity contribution in [3.8, 4) is 28.5 Å². The summed E-state index contributed by atoms with van der Waals surface area (Å²) >= 11 is 0. The summed E-state index contributed by atoms with van der Waals surface area (Å²) in [6, 6.07) is 14.6. The number of fused-ring (bicyclic) bond motifs is 2. The lowest BCUT2D eigenvalue weighted by Crippen LogP contribution is -2.15. The Morgan fingerprint density at radius 2 is 1.85 bits per heavy atom. The molecule has 0 amide bonds. The molecule has 1 aliphatic heterocycles. The molecule has 0 spiro atoms. The maximum atomic E-state index is 10.3. The normalized spacial score (nSPS) is 12.9. The summed E-state index contributed by atoms with van der Waals surface area (Å²) in [5.41, 5.74) is 2.06. The summed E-state index contributed by atoms with van der Waals surface area (Å²) in [6.45, 7) is 1.08. The number of hydrogen-bond acceptors (Lipinski definition) is 6. The fraction of sp³-hybridized carbons (Fsp3) is 0.100. The van der Waals surface area contributed by atoms with Crippen LogP contribution in [-0.4, -0.2) is 32.7 Å². The molecule has 5 rings (SSSR count). The van der Waals surface area contributed by atoms with Crippen LogP contribution >= 0.6 is 0 Å². The Kier molecular flexibility index (Phi) is 3.57. The van der Waals surface area contributed by atoms with Crippen LogP contribution in [0.15, 0.2) is 60.9 Å². The van der Waals surface area contributed by atoms with E-state index in [0.29, 0.717) is 41.8 Å². The molecule has 7 nitrogen and oxygen atoms in total. The van der Waals surface area contributed by atoms with Gasteiger partial charge in [-0.1, -0.05) is 12.1 Å². The van der Waals surface area contributed by atoms with Gasteiger partial charge in [0.25, 0.3) is 0 Å². The van der Waals surface area contributed by atoms with E-state index in [1.165, 1.54) is 0 Å². The Hall–Kier alpha value is -3.74. The van der Waals surface area contributed by atoms with Crippen molar-refractivity contribution in [3.63, 3.8) is 0 Å². The molecule has 0 bridgehead atoms. The molecule has 2 aromatic heterocycles. The van der Waals surface area contributed by atoms with Gasteiger partial charge in [0.15, 0.2) is 11.5 Å². The van der Waals surface area contributed by atoms with Crippen LogP contribution in [-0.2, 0) is 0 Å². The maximum absolute atomic E-state index is 10.3. The van der Waals surface area contributed by atoms with Crippen molar-refractivity contribution in [2.45, 2.75) is 0 Å². The number of ether oxygens (including phenoxy) is 2. The number of nitrogens with zero attached hydrogens (tertiary/aromatic N) is 3. The van der Waals surface area contributed by atoms with Gasteiger partial charge in [-0.25, -0.2) is 9.97 Å². The van der Waals surface area contributed by atoms with Gasteiger partial charge in [0, 0.05) is 29.7 Å². The predicted molar refractivity (Wildman–Crippen MR) is 101 cm³/mol. The van der Waals surface area contributed by atoms with E-state index in [9.17, 15) is 5.11 Å². The lowest BCUT2D eigenvalue weighted by atomic mass is 10.1. The van der Waals surface area contributed by atoms with Crippen molar-refractivity contribution in [1.82, 2.24) is 14.4 Å². The fourth-order valence-electron chi connectivity index (χ4n) is 3.13. The van der Waals surface area contributed by atoms with Crippen LogP contribution in [0.2, 0.25) is 0 Å². The average Bonchev–Trinajstić information content (AvgIpc) is 3.06. The van der Waals surface area contributed by atoms with E-state index in [0.717, 1.165) is 11.4 Å². The zero-order chi connectivity index (χ0) is 18.2. The minimum Gasteiger partial charge on any atom is -0.507 e. The molecule has 0 saturated carbocycles. The number of aromatic nitrogens is 3. The second-order valence-electron chi connectivity index (χ2n) is 6.10. The van der Waals surface area contributed by atoms with Crippen molar-refractivity contribution >= 4 is 17.3 Å². The third-order valence-electron chi connectivity index (χ3n) is 4.37. The number of benzene rings is 2. The van der Waals surface area contributed by atoms with Crippen LogP contribution in [0.3, 0.4) is 0 Å². The van der Waals surface area contributed by atoms with E-state index in [2.05, 4.69) is 15.3 Å².